The average Bonchev–Trinajstić information content (AvgIpc) is 1.47. The predicted molar refractivity (Wildman–Crippen MR) is 470 cm³/mol. The average molecular weight is 1810 g/mol. The standard InChI is InChI=1S/C21H26ClNO4S.C21H24ClNO3S.C12H16ClNO3.C9H10ClNO2.C8H8ClNO2.C7H10N2O2S.C4H9BrO/c1-12(2)8-20-23-17(11-28-20)18(25)9-16-15(14(4)24)6-7-19(21(16)22)27-10-13(3)26-5;1-12(2)7-20-23-17(11-27-20)14-5-6-15-16(8-14)21(22)19(9-18(15)24)26-10-13(3)25-4;1-7(16-3)6-17-10-5-4-9(8(2)15)12(14)11(10)13;1-5(12)6-3-4-7(13-2)8(10)9(6)11;1-4(11)5-2-3-6(12)7(9)8(5)10;1-5(2)8-7-9-6(3-12-7)11-4-10;1-4(3-5)6-2/h6-7,11-13H,8-10H2,1-5H3;5-6,8-9,11-13,24H,7,10H2,1-4H3;4-5,7H,6,14H2,1-3H3;3-4H,11H2,1-2H3;2-3,12H,10H2,1H3;3-5H,1-2H3,(H,8,9);4H,3H2,1-2H3. The number of carbonyl (C=O) groups is 6. The van der Waals surface area contributed by atoms with Crippen molar-refractivity contribution in [2.75, 3.05) is 83.2 Å². The maximum absolute atomic E-state index is 12.8. The van der Waals surface area contributed by atoms with Crippen molar-refractivity contribution in [1.82, 2.24) is 15.0 Å². The van der Waals surface area contributed by atoms with Gasteiger partial charge < -0.3 is 75.4 Å². The van der Waals surface area contributed by atoms with E-state index < -0.39 is 0 Å². The number of thiazole rings is 3. The summed E-state index contributed by atoms with van der Waals surface area (Å²) >= 11 is 38.4. The molecule has 0 amide bonds. The van der Waals surface area contributed by atoms with E-state index in [1.165, 1.54) is 69.6 Å². The molecular formula is C82H103BrCl5N7O17S3. The van der Waals surface area contributed by atoms with Crippen LogP contribution in [-0.2, 0) is 43.0 Å². The first kappa shape index (κ1) is 101. The summed E-state index contributed by atoms with van der Waals surface area (Å²) in [5.41, 5.74) is 21.9. The van der Waals surface area contributed by atoms with Gasteiger partial charge in [-0.1, -0.05) is 108 Å². The molecule has 0 fully saturated rings. The number of ether oxygens (including phenoxy) is 9. The van der Waals surface area contributed by atoms with Gasteiger partial charge in [-0.3, -0.25) is 28.8 Å². The number of nitrogen functional groups attached to an aromatic ring is 3. The summed E-state index contributed by atoms with van der Waals surface area (Å²) in [7, 11) is 8.02. The SMILES string of the molecule is CC(=O)c1ccc(O)c(Cl)c1N.CC(C)Nc1nc(OC=O)cs1.COC(C)CBr.COC(C)COc1cc(O)c2ccc(-c3csc(CC(C)C)n3)cc2c1Cl.COC(C)COc1ccc(C(C)=O)c(CC(=O)c2csc(CC(C)C)n2)c1Cl.COC(C)COc1ccc(C(C)=O)c(N)c1Cl.COc1ccc(C(C)=O)c(N)c1Cl. The Kier molecular flexibility index (Phi) is 45.2. The number of nitrogens with two attached hydrogens (primary N) is 3. The number of rotatable bonds is 31. The number of ketones is 5. The molecule has 0 saturated heterocycles. The number of hydrogen-bond acceptors (Lipinski definition) is 27. The molecule has 0 aliphatic carbocycles. The van der Waals surface area contributed by atoms with E-state index in [2.05, 4.69) is 69.0 Å². The molecule has 33 heteroatoms. The van der Waals surface area contributed by atoms with Gasteiger partial charge >= 0.3 is 0 Å². The molecule has 9 aromatic rings. The molecule has 0 aliphatic heterocycles. The highest BCUT2D eigenvalue weighted by molar-refractivity contribution is 9.09. The van der Waals surface area contributed by atoms with Crippen LogP contribution in [0.5, 0.6) is 40.4 Å². The number of aromatic hydroxyl groups is 2. The molecule has 3 aromatic heterocycles. The number of Topliss-reactive ketones (excluding diaryl/α,β-unsaturated/α-hetero) is 5. The van der Waals surface area contributed by atoms with Crippen LogP contribution in [0.15, 0.2) is 88.9 Å². The number of carbonyl (C=O) groups excluding carboxylic acids is 6. The van der Waals surface area contributed by atoms with Gasteiger partial charge in [0.05, 0.1) is 79.7 Å². The van der Waals surface area contributed by atoms with Gasteiger partial charge in [-0.2, -0.15) is 4.98 Å². The Balaban J connectivity index is 0.000000363. The summed E-state index contributed by atoms with van der Waals surface area (Å²) in [5, 5.41) is 34.6. The number of fused-ring (bicyclic) bond motifs is 1. The number of phenolic OH excluding ortho intramolecular Hbond substituents is 2. The number of alkyl halides is 1. The zero-order valence-electron chi connectivity index (χ0n) is 67.8. The fourth-order valence-electron chi connectivity index (χ4n) is 9.33. The van der Waals surface area contributed by atoms with Gasteiger partial charge in [-0.05, 0) is 147 Å². The number of aromatic nitrogens is 3. The second-order valence-electron chi connectivity index (χ2n) is 26.7. The smallest absolute Gasteiger partial charge is 0.299 e. The van der Waals surface area contributed by atoms with Crippen LogP contribution >= 0.6 is 108 Å². The summed E-state index contributed by atoms with van der Waals surface area (Å²) in [6, 6.07) is 20.2. The van der Waals surface area contributed by atoms with Crippen LogP contribution in [-0.4, -0.2) is 152 Å². The number of phenols is 2. The fraction of sp³-hybridized carbons (Fsp3) is 0.402. The maximum Gasteiger partial charge on any atom is 0.299 e. The van der Waals surface area contributed by atoms with Crippen LogP contribution in [0.4, 0.5) is 22.2 Å². The van der Waals surface area contributed by atoms with Gasteiger partial charge in [-0.15, -0.1) is 34.0 Å². The summed E-state index contributed by atoms with van der Waals surface area (Å²) in [4.78, 5) is 81.1. The summed E-state index contributed by atoms with van der Waals surface area (Å²) in [5.74, 6) is 2.49. The Morgan fingerprint density at radius 2 is 0.957 bits per heavy atom. The molecule has 9 N–H and O–H groups in total. The third-order valence-corrected chi connectivity index (χ3v) is 21.3. The lowest BCUT2D eigenvalue weighted by Gasteiger charge is -2.16. The summed E-state index contributed by atoms with van der Waals surface area (Å²) in [6.07, 6.45) is 1.93. The minimum Gasteiger partial charge on any atom is -0.507 e. The lowest BCUT2D eigenvalue weighted by molar-refractivity contribution is -0.120. The Morgan fingerprint density at radius 3 is 1.42 bits per heavy atom. The molecule has 0 spiro atoms. The maximum atomic E-state index is 12.8. The largest absolute Gasteiger partial charge is 0.507 e. The van der Waals surface area contributed by atoms with Crippen molar-refractivity contribution in [3.8, 4) is 51.6 Å². The number of hydrogen-bond donors (Lipinski definition) is 6. The zero-order chi connectivity index (χ0) is 86.7. The third kappa shape index (κ3) is 33.2. The lowest BCUT2D eigenvalue weighted by atomic mass is 9.98. The Morgan fingerprint density at radius 1 is 0.504 bits per heavy atom. The quantitative estimate of drug-likeness (QED) is 0.0102. The van der Waals surface area contributed by atoms with Gasteiger partial charge in [0.2, 0.25) is 5.88 Å². The van der Waals surface area contributed by atoms with E-state index in [9.17, 15) is 33.9 Å². The van der Waals surface area contributed by atoms with E-state index in [0.29, 0.717) is 123 Å². The second-order valence-corrected chi connectivity index (χ2v) is 31.9. The minimum atomic E-state index is -0.172. The normalized spacial score (nSPS) is 11.7. The van der Waals surface area contributed by atoms with E-state index in [0.717, 1.165) is 50.0 Å². The summed E-state index contributed by atoms with van der Waals surface area (Å²) in [6.45, 7) is 27.4. The van der Waals surface area contributed by atoms with Crippen LogP contribution in [0.2, 0.25) is 25.1 Å². The van der Waals surface area contributed by atoms with Crippen LogP contribution in [0.1, 0.15) is 164 Å². The fourth-order valence-corrected chi connectivity index (χ4v) is 13.6. The molecule has 4 atom stereocenters. The van der Waals surface area contributed by atoms with Crippen molar-refractivity contribution in [1.29, 1.82) is 0 Å². The van der Waals surface area contributed by atoms with Crippen LogP contribution < -0.4 is 46.2 Å². The number of benzene rings is 6. The molecule has 0 saturated carbocycles. The number of anilines is 4. The van der Waals surface area contributed by atoms with Gasteiger partial charge in [0.15, 0.2) is 34.0 Å². The van der Waals surface area contributed by atoms with Crippen molar-refractivity contribution in [3.63, 3.8) is 0 Å². The number of halogens is 6. The first-order valence-corrected chi connectivity index (χ1v) is 41.4. The molecule has 628 valence electrons. The highest BCUT2D eigenvalue weighted by atomic mass is 79.9. The topological polar surface area (TPSA) is 355 Å². The predicted octanol–water partition coefficient (Wildman–Crippen LogP) is 20.4. The first-order chi connectivity index (χ1) is 54.2. The van der Waals surface area contributed by atoms with Crippen molar-refractivity contribution in [2.45, 2.75) is 147 Å². The van der Waals surface area contributed by atoms with Gasteiger partial charge in [0.25, 0.3) is 6.47 Å². The second kappa shape index (κ2) is 51.3. The lowest BCUT2D eigenvalue weighted by Crippen LogP contribution is -2.17. The Hall–Kier alpha value is -7.94. The van der Waals surface area contributed by atoms with Crippen molar-refractivity contribution >= 4 is 176 Å². The van der Waals surface area contributed by atoms with Crippen LogP contribution in [0.25, 0.3) is 22.0 Å². The molecule has 4 unspecified atom stereocenters. The Bertz CT molecular complexity index is 4660. The summed E-state index contributed by atoms with van der Waals surface area (Å²) < 4.78 is 46.7. The molecule has 6 aromatic carbocycles. The number of nitrogens with one attached hydrogen (secondary N) is 1. The van der Waals surface area contributed by atoms with E-state index in [-0.39, 0.29) is 102 Å². The molecular weight excluding hydrogens is 1710 g/mol. The molecule has 115 heavy (non-hydrogen) atoms. The molecule has 0 bridgehead atoms. The third-order valence-electron chi connectivity index (χ3n) is 15.9. The molecule has 0 aliphatic rings. The number of methoxy groups -OCH3 is 5. The van der Waals surface area contributed by atoms with Crippen LogP contribution in [0.3, 0.4) is 0 Å². The highest BCUT2D eigenvalue weighted by Crippen LogP contribution is 2.42. The molecule has 3 heterocycles. The Labute approximate surface area is 718 Å². The monoisotopic (exact) mass is 1810 g/mol. The van der Waals surface area contributed by atoms with Gasteiger partial charge in [0.1, 0.15) is 75.1 Å². The van der Waals surface area contributed by atoms with Crippen molar-refractivity contribution < 1.29 is 81.6 Å². The zero-order valence-corrected chi connectivity index (χ0v) is 75.6. The van der Waals surface area contributed by atoms with E-state index in [4.69, 9.17) is 123 Å². The van der Waals surface area contributed by atoms with Crippen molar-refractivity contribution in [3.05, 3.63) is 158 Å². The van der Waals surface area contributed by atoms with E-state index >= 15 is 0 Å². The molecule has 9 rings (SSSR count). The molecule has 24 nitrogen and oxygen atoms in total. The van der Waals surface area contributed by atoms with Gasteiger partial charge in [-0.25, -0.2) is 9.97 Å². The highest BCUT2D eigenvalue weighted by Gasteiger charge is 2.23. The van der Waals surface area contributed by atoms with E-state index in [1.54, 1.807) is 93.0 Å². The van der Waals surface area contributed by atoms with Gasteiger partial charge in [0, 0.05) is 114 Å². The van der Waals surface area contributed by atoms with Crippen LogP contribution in [0, 0.1) is 11.8 Å². The first-order valence-electron chi connectivity index (χ1n) is 35.8. The number of nitrogens with zero attached hydrogens (tertiary/aromatic N) is 3. The van der Waals surface area contributed by atoms with Crippen molar-refractivity contribution in [2.24, 2.45) is 11.8 Å². The van der Waals surface area contributed by atoms with E-state index in [1.807, 2.05) is 59.7 Å². The molecule has 0 radical (unpaired) electrons. The minimum absolute atomic E-state index is 0.00434.